The van der Waals surface area contributed by atoms with Crippen LogP contribution in [0, 0.1) is 0 Å². The molecule has 0 aliphatic rings. The van der Waals surface area contributed by atoms with Gasteiger partial charge in [0.25, 0.3) is 0 Å². The summed E-state index contributed by atoms with van der Waals surface area (Å²) in [7, 11) is 0. The molecule has 0 bridgehead atoms. The summed E-state index contributed by atoms with van der Waals surface area (Å²) in [5.41, 5.74) is 0. The maximum atomic E-state index is 13.0. The van der Waals surface area contributed by atoms with Crippen molar-refractivity contribution in [2.75, 3.05) is 13.2 Å². The third-order valence-electron chi connectivity index (χ3n) is 3.46. The Morgan fingerprint density at radius 1 is 0.826 bits per heavy atom. The van der Waals surface area contributed by atoms with Gasteiger partial charge in [-0.1, -0.05) is 0 Å². The molecular formula is C18H31O3PSe. The van der Waals surface area contributed by atoms with E-state index in [0.717, 1.165) is 30.1 Å². The van der Waals surface area contributed by atoms with Gasteiger partial charge in [-0.15, -0.1) is 0 Å². The Hall–Kier alpha value is -0.111. The Labute approximate surface area is 147 Å². The monoisotopic (exact) mass is 406 g/mol. The van der Waals surface area contributed by atoms with Crippen LogP contribution in [0.15, 0.2) is 30.3 Å². The molecule has 0 aromatic heterocycles. The number of hydrogen-bond acceptors (Lipinski definition) is 3. The molecule has 0 N–H and O–H groups in total. The SMILES string of the molecule is CCCCCCOP(=O)(OCCCCCC)[Se]c1ccccc1. The molecule has 0 saturated carbocycles. The molecule has 0 unspecified atom stereocenters. The van der Waals surface area contributed by atoms with Crippen LogP contribution in [0.4, 0.5) is 0 Å². The van der Waals surface area contributed by atoms with Gasteiger partial charge < -0.3 is 0 Å². The van der Waals surface area contributed by atoms with Gasteiger partial charge in [-0.2, -0.15) is 0 Å². The molecule has 5 heteroatoms. The predicted octanol–water partition coefficient (Wildman–Crippen LogP) is 5.32. The minimum absolute atomic E-state index is 0.274. The first-order valence-corrected chi connectivity index (χ1v) is 13.5. The topological polar surface area (TPSA) is 35.5 Å². The van der Waals surface area contributed by atoms with E-state index in [9.17, 15) is 4.57 Å². The first-order chi connectivity index (χ1) is 11.2. The third kappa shape index (κ3) is 10.4. The molecule has 23 heavy (non-hydrogen) atoms. The van der Waals surface area contributed by atoms with Crippen molar-refractivity contribution in [2.24, 2.45) is 0 Å². The quantitative estimate of drug-likeness (QED) is 0.239. The van der Waals surface area contributed by atoms with Crippen molar-refractivity contribution < 1.29 is 13.6 Å². The Kier molecular flexibility index (Phi) is 12.0. The minimum atomic E-state index is -2.98. The van der Waals surface area contributed by atoms with Gasteiger partial charge in [0, 0.05) is 0 Å². The Balaban J connectivity index is 2.47. The zero-order valence-electron chi connectivity index (χ0n) is 14.5. The molecule has 0 fully saturated rings. The van der Waals surface area contributed by atoms with E-state index in [1.807, 2.05) is 30.3 Å². The fourth-order valence-electron chi connectivity index (χ4n) is 2.11. The van der Waals surface area contributed by atoms with E-state index in [-0.39, 0.29) is 14.5 Å². The second-order valence-electron chi connectivity index (χ2n) is 5.64. The first kappa shape index (κ1) is 20.9. The van der Waals surface area contributed by atoms with E-state index < -0.39 is 6.29 Å². The summed E-state index contributed by atoms with van der Waals surface area (Å²) in [6, 6.07) is 9.94. The van der Waals surface area contributed by atoms with Crippen LogP contribution in [0.1, 0.15) is 65.2 Å². The van der Waals surface area contributed by atoms with Gasteiger partial charge in [-0.25, -0.2) is 0 Å². The molecule has 0 atom stereocenters. The second kappa shape index (κ2) is 13.2. The molecule has 3 nitrogen and oxygen atoms in total. The number of benzene rings is 1. The zero-order chi connectivity index (χ0) is 16.8. The summed E-state index contributed by atoms with van der Waals surface area (Å²) in [5, 5.41) is 0. The standard InChI is InChI=1S/C18H31O3PSe/c1-3-5-7-12-16-20-22(19,21-17-13-8-6-4-2)23-18-14-10-9-11-15-18/h9-11,14-15H,3-8,12-13,16-17H2,1-2H3. The van der Waals surface area contributed by atoms with Crippen LogP contribution < -0.4 is 4.46 Å². The van der Waals surface area contributed by atoms with Crippen molar-refractivity contribution >= 4 is 25.3 Å². The normalized spacial score (nSPS) is 11.7. The summed E-state index contributed by atoms with van der Waals surface area (Å²) in [4.78, 5) is 0. The van der Waals surface area contributed by atoms with Crippen LogP contribution in [0.5, 0.6) is 0 Å². The molecule has 0 radical (unpaired) electrons. The summed E-state index contributed by atoms with van der Waals surface area (Å²) in [6.45, 7) is 5.45. The Morgan fingerprint density at radius 2 is 1.35 bits per heavy atom. The summed E-state index contributed by atoms with van der Waals surface area (Å²) >= 11 is -0.274. The van der Waals surface area contributed by atoms with Crippen LogP contribution in [0.3, 0.4) is 0 Å². The molecule has 0 spiro atoms. The van der Waals surface area contributed by atoms with Crippen molar-refractivity contribution in [2.45, 2.75) is 65.2 Å². The molecular weight excluding hydrogens is 374 g/mol. The van der Waals surface area contributed by atoms with Gasteiger partial charge in [-0.3, -0.25) is 0 Å². The Morgan fingerprint density at radius 3 is 1.83 bits per heavy atom. The van der Waals surface area contributed by atoms with Crippen LogP contribution in [-0.4, -0.2) is 27.7 Å². The summed E-state index contributed by atoms with van der Waals surface area (Å²) < 4.78 is 25.6. The molecule has 0 amide bonds. The van der Waals surface area contributed by atoms with Gasteiger partial charge in [-0.05, 0) is 0 Å². The van der Waals surface area contributed by atoms with E-state index in [1.165, 1.54) is 25.7 Å². The summed E-state index contributed by atoms with van der Waals surface area (Å²) in [6.07, 6.45) is 6.00. The van der Waals surface area contributed by atoms with E-state index in [4.69, 9.17) is 9.05 Å². The molecule has 0 heterocycles. The molecule has 1 rings (SSSR count). The van der Waals surface area contributed by atoms with Crippen molar-refractivity contribution in [3.63, 3.8) is 0 Å². The molecule has 1 aromatic carbocycles. The van der Waals surface area contributed by atoms with Gasteiger partial charge in [0.05, 0.1) is 0 Å². The Bertz CT molecular complexity index is 421. The number of hydrogen-bond donors (Lipinski definition) is 0. The average Bonchev–Trinajstić information content (AvgIpc) is 2.55. The van der Waals surface area contributed by atoms with E-state index >= 15 is 0 Å². The molecule has 0 saturated heterocycles. The van der Waals surface area contributed by atoms with Crippen LogP contribution in [0.2, 0.25) is 0 Å². The van der Waals surface area contributed by atoms with Crippen molar-refractivity contribution in [1.82, 2.24) is 0 Å². The number of rotatable bonds is 14. The van der Waals surface area contributed by atoms with Crippen molar-refractivity contribution in [3.05, 3.63) is 30.3 Å². The van der Waals surface area contributed by atoms with Gasteiger partial charge in [0.2, 0.25) is 0 Å². The molecule has 0 aliphatic carbocycles. The number of unbranched alkanes of at least 4 members (excludes halogenated alkanes) is 6. The van der Waals surface area contributed by atoms with E-state index in [0.29, 0.717) is 13.2 Å². The van der Waals surface area contributed by atoms with Gasteiger partial charge in [0.1, 0.15) is 0 Å². The van der Waals surface area contributed by atoms with E-state index in [2.05, 4.69) is 13.8 Å². The first-order valence-electron chi connectivity index (χ1n) is 8.84. The third-order valence-corrected chi connectivity index (χ3v) is 9.52. The second-order valence-corrected chi connectivity index (χ2v) is 12.2. The van der Waals surface area contributed by atoms with Gasteiger partial charge in [0.15, 0.2) is 0 Å². The molecule has 132 valence electrons. The van der Waals surface area contributed by atoms with Crippen molar-refractivity contribution in [1.29, 1.82) is 0 Å². The molecule has 0 aliphatic heterocycles. The van der Waals surface area contributed by atoms with Crippen LogP contribution in [0.25, 0.3) is 0 Å². The van der Waals surface area contributed by atoms with Gasteiger partial charge >= 0.3 is 148 Å². The van der Waals surface area contributed by atoms with E-state index in [1.54, 1.807) is 0 Å². The van der Waals surface area contributed by atoms with Crippen molar-refractivity contribution in [3.8, 4) is 0 Å². The van der Waals surface area contributed by atoms with Crippen LogP contribution in [-0.2, 0) is 13.6 Å². The van der Waals surface area contributed by atoms with Crippen LogP contribution >= 0.6 is 6.29 Å². The zero-order valence-corrected chi connectivity index (χ0v) is 17.1. The fraction of sp³-hybridized carbons (Fsp3) is 0.667. The predicted molar refractivity (Wildman–Crippen MR) is 99.6 cm³/mol. The maximum absolute atomic E-state index is 13.0. The fourth-order valence-corrected chi connectivity index (χ4v) is 7.70. The molecule has 1 aromatic rings. The average molecular weight is 405 g/mol. The summed E-state index contributed by atoms with van der Waals surface area (Å²) in [5.74, 6) is 0.